The summed E-state index contributed by atoms with van der Waals surface area (Å²) in [5.41, 5.74) is 2.48. The maximum atomic E-state index is 3.47. The molecule has 0 aromatic carbocycles. The second kappa shape index (κ2) is 6.05. The molecule has 0 unspecified atom stereocenters. The maximum absolute atomic E-state index is 3.47. The van der Waals surface area contributed by atoms with Crippen molar-refractivity contribution in [3.63, 3.8) is 0 Å². The lowest BCUT2D eigenvalue weighted by Gasteiger charge is -2.06. The molecule has 0 fully saturated rings. The normalized spacial score (nSPS) is 15.2. The molecule has 1 rings (SSSR count). The van der Waals surface area contributed by atoms with E-state index < -0.39 is 0 Å². The molecule has 0 saturated carbocycles. The van der Waals surface area contributed by atoms with Crippen LogP contribution in [-0.4, -0.2) is 26.7 Å². The van der Waals surface area contributed by atoms with Crippen molar-refractivity contribution in [3.8, 4) is 0 Å². The molecule has 0 spiro atoms. The standard InChI is InChI=1S/C11H19NSi/c1-13(2)10-6-5-9-12-11-7-3-4-8-11/h3-4,7-8,10-12H,5-6,9H2,1-2H3. The number of rotatable bonds is 5. The molecule has 0 amide bonds. The van der Waals surface area contributed by atoms with E-state index in [0.717, 1.165) is 6.54 Å². The molecular weight excluding hydrogens is 174 g/mol. The van der Waals surface area contributed by atoms with Gasteiger partial charge in [0.05, 0.1) is 0 Å². The average Bonchev–Trinajstić information content (AvgIpc) is 2.55. The van der Waals surface area contributed by atoms with Crippen LogP contribution in [0.5, 0.6) is 0 Å². The molecule has 1 aliphatic carbocycles. The zero-order valence-electron chi connectivity index (χ0n) is 8.59. The Balaban J connectivity index is 1.98. The Kier molecular flexibility index (Phi) is 4.94. The summed E-state index contributed by atoms with van der Waals surface area (Å²) in [5, 5.41) is 3.47. The first-order valence-electron chi connectivity index (χ1n) is 5.01. The Hall–Kier alpha value is -0.473. The first-order chi connectivity index (χ1) is 6.29. The van der Waals surface area contributed by atoms with Gasteiger partial charge in [0.1, 0.15) is 0 Å². The summed E-state index contributed by atoms with van der Waals surface area (Å²) in [7, 11) is -0.114. The van der Waals surface area contributed by atoms with Crippen LogP contribution in [0.4, 0.5) is 0 Å². The van der Waals surface area contributed by atoms with Gasteiger partial charge in [-0.05, 0) is 27.8 Å². The molecular formula is C11H19NSi. The number of unbranched alkanes of at least 4 members (excludes halogenated alkanes) is 1. The first-order valence-corrected chi connectivity index (χ1v) is 7.58. The van der Waals surface area contributed by atoms with Crippen molar-refractivity contribution in [2.24, 2.45) is 0 Å². The molecule has 0 saturated heterocycles. The fourth-order valence-corrected chi connectivity index (χ4v) is 2.11. The molecule has 0 aromatic heterocycles. The highest BCUT2D eigenvalue weighted by atomic mass is 28.2. The van der Waals surface area contributed by atoms with Gasteiger partial charge < -0.3 is 5.32 Å². The summed E-state index contributed by atoms with van der Waals surface area (Å²) in [6, 6.07) is 0.494. The van der Waals surface area contributed by atoms with Crippen molar-refractivity contribution in [2.45, 2.75) is 32.0 Å². The van der Waals surface area contributed by atoms with Gasteiger partial charge in [0.25, 0.3) is 0 Å². The van der Waals surface area contributed by atoms with E-state index in [1.165, 1.54) is 12.8 Å². The van der Waals surface area contributed by atoms with Gasteiger partial charge >= 0.3 is 0 Å². The highest BCUT2D eigenvalue weighted by Gasteiger charge is 1.99. The highest BCUT2D eigenvalue weighted by Crippen LogP contribution is 1.98. The van der Waals surface area contributed by atoms with E-state index in [0.29, 0.717) is 6.04 Å². The first kappa shape index (κ1) is 10.6. The zero-order valence-corrected chi connectivity index (χ0v) is 9.59. The van der Waals surface area contributed by atoms with E-state index in [4.69, 9.17) is 0 Å². The van der Waals surface area contributed by atoms with Crippen LogP contribution in [0.15, 0.2) is 24.3 Å². The minimum Gasteiger partial charge on any atom is -0.307 e. The molecule has 1 aliphatic rings. The SMILES string of the molecule is C[Si](C)=CCCCNC1C=CC=C1. The molecule has 1 nitrogen and oxygen atoms in total. The second-order valence-corrected chi connectivity index (χ2v) is 6.24. The third-order valence-corrected chi connectivity index (χ3v) is 3.17. The van der Waals surface area contributed by atoms with Crippen LogP contribution >= 0.6 is 0 Å². The summed E-state index contributed by atoms with van der Waals surface area (Å²) in [6.45, 7) is 5.80. The summed E-state index contributed by atoms with van der Waals surface area (Å²) >= 11 is 0. The minimum atomic E-state index is -0.114. The van der Waals surface area contributed by atoms with Crippen LogP contribution in [0.25, 0.3) is 0 Å². The number of hydrogen-bond acceptors (Lipinski definition) is 1. The molecule has 0 aromatic rings. The van der Waals surface area contributed by atoms with Gasteiger partial charge in [0, 0.05) is 6.04 Å². The van der Waals surface area contributed by atoms with Gasteiger partial charge in [-0.2, -0.15) is 0 Å². The van der Waals surface area contributed by atoms with Crippen LogP contribution in [0, 0.1) is 0 Å². The maximum Gasteiger partial charge on any atom is 0.0441 e. The zero-order chi connectivity index (χ0) is 9.52. The summed E-state index contributed by atoms with van der Waals surface area (Å²) in [4.78, 5) is 0. The molecule has 0 radical (unpaired) electrons. The van der Waals surface area contributed by atoms with E-state index in [2.05, 4.69) is 48.4 Å². The molecule has 2 heteroatoms. The van der Waals surface area contributed by atoms with Crippen LogP contribution < -0.4 is 5.32 Å². The van der Waals surface area contributed by atoms with Gasteiger partial charge in [0.15, 0.2) is 0 Å². The van der Waals surface area contributed by atoms with Crippen LogP contribution in [-0.2, 0) is 0 Å². The smallest absolute Gasteiger partial charge is 0.0441 e. The van der Waals surface area contributed by atoms with Crippen LogP contribution in [0.1, 0.15) is 12.8 Å². The fraction of sp³-hybridized carbons (Fsp3) is 0.545. The monoisotopic (exact) mass is 193 g/mol. The van der Waals surface area contributed by atoms with Gasteiger partial charge in [-0.25, -0.2) is 0 Å². The van der Waals surface area contributed by atoms with Gasteiger partial charge in [-0.15, -0.1) is 5.67 Å². The number of allylic oxidation sites excluding steroid dienone is 2. The van der Waals surface area contributed by atoms with Gasteiger partial charge in [-0.3, -0.25) is 0 Å². The Labute approximate surface area is 82.8 Å². The number of nitrogens with one attached hydrogen (secondary N) is 1. The summed E-state index contributed by atoms with van der Waals surface area (Å²) < 4.78 is 0. The molecule has 0 atom stereocenters. The van der Waals surface area contributed by atoms with Crippen molar-refractivity contribution >= 4 is 14.1 Å². The van der Waals surface area contributed by atoms with Crippen molar-refractivity contribution in [3.05, 3.63) is 24.3 Å². The lowest BCUT2D eigenvalue weighted by Crippen LogP contribution is -2.25. The van der Waals surface area contributed by atoms with Crippen molar-refractivity contribution in [1.82, 2.24) is 5.32 Å². The molecule has 0 aliphatic heterocycles. The Morgan fingerprint density at radius 1 is 1.31 bits per heavy atom. The molecule has 13 heavy (non-hydrogen) atoms. The Morgan fingerprint density at radius 3 is 2.62 bits per heavy atom. The van der Waals surface area contributed by atoms with E-state index in [9.17, 15) is 0 Å². The topological polar surface area (TPSA) is 12.0 Å². The summed E-state index contributed by atoms with van der Waals surface area (Å²) in [6.07, 6.45) is 11.1. The van der Waals surface area contributed by atoms with Crippen molar-refractivity contribution in [1.29, 1.82) is 0 Å². The van der Waals surface area contributed by atoms with E-state index in [-0.39, 0.29) is 8.41 Å². The molecule has 1 N–H and O–H groups in total. The van der Waals surface area contributed by atoms with Gasteiger partial charge in [0.2, 0.25) is 0 Å². The van der Waals surface area contributed by atoms with E-state index in [1.54, 1.807) is 0 Å². The quantitative estimate of drug-likeness (QED) is 0.520. The highest BCUT2D eigenvalue weighted by molar-refractivity contribution is 6.63. The molecule has 72 valence electrons. The predicted octanol–water partition coefficient (Wildman–Crippen LogP) is 1.99. The third-order valence-electron chi connectivity index (χ3n) is 2.06. The van der Waals surface area contributed by atoms with Crippen LogP contribution in [0.3, 0.4) is 0 Å². The van der Waals surface area contributed by atoms with Gasteiger partial charge in [-0.1, -0.05) is 37.4 Å². The largest absolute Gasteiger partial charge is 0.307 e. The van der Waals surface area contributed by atoms with E-state index in [1.807, 2.05) is 0 Å². The lowest BCUT2D eigenvalue weighted by atomic mass is 10.3. The summed E-state index contributed by atoms with van der Waals surface area (Å²) in [5.74, 6) is 0. The Bertz CT molecular complexity index is 212. The van der Waals surface area contributed by atoms with E-state index >= 15 is 0 Å². The average molecular weight is 193 g/mol. The minimum absolute atomic E-state index is 0.114. The van der Waals surface area contributed by atoms with Crippen molar-refractivity contribution in [2.75, 3.05) is 6.54 Å². The third kappa shape index (κ3) is 4.96. The van der Waals surface area contributed by atoms with Crippen LogP contribution in [0.2, 0.25) is 13.1 Å². The Morgan fingerprint density at radius 2 is 2.00 bits per heavy atom. The predicted molar refractivity (Wildman–Crippen MR) is 62.9 cm³/mol. The number of hydrogen-bond donors (Lipinski definition) is 1. The molecule has 0 bridgehead atoms. The molecule has 0 heterocycles. The van der Waals surface area contributed by atoms with Crippen molar-refractivity contribution < 1.29 is 0 Å². The fourth-order valence-electron chi connectivity index (χ4n) is 1.33. The second-order valence-electron chi connectivity index (χ2n) is 3.67. The lowest BCUT2D eigenvalue weighted by molar-refractivity contribution is 0.654.